The Bertz CT molecular complexity index is 889. The van der Waals surface area contributed by atoms with E-state index in [4.69, 9.17) is 3.63 Å². The van der Waals surface area contributed by atoms with Gasteiger partial charge in [0.2, 0.25) is 0 Å². The zero-order chi connectivity index (χ0) is 21.7. The van der Waals surface area contributed by atoms with Crippen molar-refractivity contribution in [3.05, 3.63) is 65.2 Å². The van der Waals surface area contributed by atoms with Crippen molar-refractivity contribution in [3.63, 3.8) is 0 Å². The number of aliphatic hydroxyl groups is 2. The molecule has 0 heterocycles. The number of rotatable bonds is 9. The lowest BCUT2D eigenvalue weighted by atomic mass is 10.1. The van der Waals surface area contributed by atoms with Crippen LogP contribution in [0.25, 0.3) is 0 Å². The summed E-state index contributed by atoms with van der Waals surface area (Å²) in [6, 6.07) is 10.3. The summed E-state index contributed by atoms with van der Waals surface area (Å²) < 4.78 is 69.4. The molecule has 0 radical (unpaired) electrons. The average molecular weight is 453 g/mol. The number of aliphatic hydroxyl groups excluding tert-OH is 2. The van der Waals surface area contributed by atoms with Gasteiger partial charge < -0.3 is 10.2 Å². The minimum atomic E-state index is -4.48. The molecule has 0 unspecified atom stereocenters. The van der Waals surface area contributed by atoms with Crippen molar-refractivity contribution in [3.8, 4) is 0 Å². The van der Waals surface area contributed by atoms with E-state index in [-0.39, 0.29) is 35.4 Å². The molecule has 0 aromatic heterocycles. The van der Waals surface area contributed by atoms with Crippen molar-refractivity contribution in [2.45, 2.75) is 23.7 Å². The van der Waals surface area contributed by atoms with Gasteiger partial charge >= 0.3 is 16.3 Å². The van der Waals surface area contributed by atoms with Crippen molar-refractivity contribution >= 4 is 20.4 Å². The normalized spacial score (nSPS) is 13.4. The number of aryl methyl sites for hydroxylation is 1. The smallest absolute Gasteiger partial charge is 0.395 e. The Kier molecular flexibility index (Phi) is 7.74. The molecule has 0 atom stereocenters. The zero-order valence-electron chi connectivity index (χ0n) is 15.7. The van der Waals surface area contributed by atoms with E-state index in [9.17, 15) is 31.8 Å². The molecule has 0 fully saturated rings. The van der Waals surface area contributed by atoms with Crippen LogP contribution in [0.5, 0.6) is 0 Å². The van der Waals surface area contributed by atoms with Gasteiger partial charge in [0.1, 0.15) is 0 Å². The maximum absolute atomic E-state index is 12.8. The standard InChI is InChI=1S/C19H23F3O5S2/c1-15-2-8-18(9-3-15)29(25,26)27-28(12-10-23,13-11-24)14-16-4-6-17(7-5-16)19(20,21)22/h2-9,23-24H,10-14H2,1H3. The lowest BCUT2D eigenvalue weighted by molar-refractivity contribution is -0.137. The second-order valence-corrected chi connectivity index (χ2v) is 11.5. The van der Waals surface area contributed by atoms with Gasteiger partial charge in [-0.15, -0.1) is 10.3 Å². The molecule has 0 aliphatic heterocycles. The van der Waals surface area contributed by atoms with Crippen molar-refractivity contribution in [1.29, 1.82) is 0 Å². The summed E-state index contributed by atoms with van der Waals surface area (Å²) in [5.41, 5.74) is 0.464. The molecule has 0 aliphatic carbocycles. The molecule has 162 valence electrons. The third-order valence-corrected chi connectivity index (χ3v) is 9.61. The van der Waals surface area contributed by atoms with E-state index in [1.807, 2.05) is 0 Å². The van der Waals surface area contributed by atoms with Crippen LogP contribution >= 0.6 is 10.3 Å². The highest BCUT2D eigenvalue weighted by molar-refractivity contribution is 8.32. The summed E-state index contributed by atoms with van der Waals surface area (Å²) in [6.45, 7) is 1.02. The molecular formula is C19H23F3O5S2. The molecule has 2 aromatic carbocycles. The number of alkyl halides is 3. The molecule has 29 heavy (non-hydrogen) atoms. The van der Waals surface area contributed by atoms with Crippen molar-refractivity contribution in [2.75, 3.05) is 24.7 Å². The predicted molar refractivity (Wildman–Crippen MR) is 106 cm³/mol. The molecule has 0 saturated heterocycles. The molecule has 2 aromatic rings. The fraction of sp³-hybridized carbons (Fsp3) is 0.368. The lowest BCUT2D eigenvalue weighted by Gasteiger charge is -2.37. The van der Waals surface area contributed by atoms with Gasteiger partial charge in [-0.05, 0) is 36.8 Å². The minimum absolute atomic E-state index is 0.0165. The first kappa shape index (κ1) is 23.7. The van der Waals surface area contributed by atoms with E-state index in [0.717, 1.165) is 17.7 Å². The van der Waals surface area contributed by atoms with E-state index in [0.29, 0.717) is 5.56 Å². The van der Waals surface area contributed by atoms with E-state index >= 15 is 0 Å². The SMILES string of the molecule is Cc1ccc(S(=O)(=O)OS(CCO)(CCO)Cc2ccc(C(F)(F)F)cc2)cc1. The van der Waals surface area contributed by atoms with Crippen LogP contribution < -0.4 is 0 Å². The van der Waals surface area contributed by atoms with E-state index < -0.39 is 32.2 Å². The van der Waals surface area contributed by atoms with E-state index in [1.54, 1.807) is 19.1 Å². The summed E-state index contributed by atoms with van der Waals surface area (Å²) >= 11 is 0. The van der Waals surface area contributed by atoms with Crippen LogP contribution in [-0.4, -0.2) is 43.4 Å². The summed E-state index contributed by atoms with van der Waals surface area (Å²) in [4.78, 5) is -0.0664. The number of hydrogen-bond acceptors (Lipinski definition) is 5. The molecule has 0 saturated carbocycles. The summed E-state index contributed by atoms with van der Waals surface area (Å²) in [7, 11) is -6.78. The highest BCUT2D eigenvalue weighted by atomic mass is 32.3. The first-order valence-corrected chi connectivity index (χ1v) is 12.2. The number of hydrogen-bond donors (Lipinski definition) is 2. The largest absolute Gasteiger partial charge is 0.416 e. The Hall–Kier alpha value is -1.59. The minimum Gasteiger partial charge on any atom is -0.395 e. The van der Waals surface area contributed by atoms with Gasteiger partial charge in [-0.3, -0.25) is 0 Å². The second kappa shape index (κ2) is 9.48. The van der Waals surface area contributed by atoms with Gasteiger partial charge in [0.25, 0.3) is 0 Å². The predicted octanol–water partition coefficient (Wildman–Crippen LogP) is 3.62. The second-order valence-electron chi connectivity index (χ2n) is 6.50. The van der Waals surface area contributed by atoms with Crippen LogP contribution in [-0.2, 0) is 25.7 Å². The van der Waals surface area contributed by atoms with Gasteiger partial charge in [-0.2, -0.15) is 21.6 Å². The maximum atomic E-state index is 12.8. The van der Waals surface area contributed by atoms with Gasteiger partial charge in [0.05, 0.1) is 23.7 Å². The molecule has 5 nitrogen and oxygen atoms in total. The van der Waals surface area contributed by atoms with Gasteiger partial charge in [0.15, 0.2) is 0 Å². The Morgan fingerprint density at radius 3 is 1.86 bits per heavy atom. The molecule has 2 N–H and O–H groups in total. The van der Waals surface area contributed by atoms with Gasteiger partial charge in [-0.25, -0.2) is 3.63 Å². The summed E-state index contributed by atoms with van der Waals surface area (Å²) in [5, 5.41) is 19.0. The zero-order valence-corrected chi connectivity index (χ0v) is 17.4. The Balaban J connectivity index is 2.36. The van der Waals surface area contributed by atoms with Gasteiger partial charge in [0, 0.05) is 17.3 Å². The van der Waals surface area contributed by atoms with Crippen molar-refractivity contribution in [2.24, 2.45) is 0 Å². The first-order valence-electron chi connectivity index (χ1n) is 8.68. The van der Waals surface area contributed by atoms with Crippen molar-refractivity contribution in [1.82, 2.24) is 0 Å². The number of benzene rings is 2. The van der Waals surface area contributed by atoms with Gasteiger partial charge in [-0.1, -0.05) is 29.8 Å². The molecule has 0 bridgehead atoms. The molecule has 0 spiro atoms. The van der Waals surface area contributed by atoms with Crippen LogP contribution in [0.4, 0.5) is 13.2 Å². The van der Waals surface area contributed by atoms with E-state index in [1.165, 1.54) is 24.3 Å². The topological polar surface area (TPSA) is 83.8 Å². The lowest BCUT2D eigenvalue weighted by Crippen LogP contribution is -2.23. The van der Waals surface area contributed by atoms with E-state index in [2.05, 4.69) is 0 Å². The monoisotopic (exact) mass is 452 g/mol. The third kappa shape index (κ3) is 6.45. The Morgan fingerprint density at radius 2 is 1.41 bits per heavy atom. The average Bonchev–Trinajstić information content (AvgIpc) is 2.62. The Labute approximate surface area is 169 Å². The fourth-order valence-electron chi connectivity index (χ4n) is 2.70. The van der Waals surface area contributed by atoms with Crippen LogP contribution in [0.15, 0.2) is 53.4 Å². The molecule has 0 amide bonds. The quantitative estimate of drug-likeness (QED) is 0.607. The van der Waals surface area contributed by atoms with Crippen LogP contribution in [0, 0.1) is 6.92 Å². The Morgan fingerprint density at radius 1 is 0.897 bits per heavy atom. The molecule has 10 heteroatoms. The van der Waals surface area contributed by atoms with Crippen LogP contribution in [0.1, 0.15) is 16.7 Å². The summed E-state index contributed by atoms with van der Waals surface area (Å²) in [5.74, 6) is -0.101. The van der Waals surface area contributed by atoms with Crippen LogP contribution in [0.3, 0.4) is 0 Å². The molecular weight excluding hydrogens is 429 g/mol. The maximum Gasteiger partial charge on any atom is 0.416 e. The number of halogens is 3. The van der Waals surface area contributed by atoms with Crippen molar-refractivity contribution < 1.29 is 35.4 Å². The molecule has 0 aliphatic rings. The highest BCUT2D eigenvalue weighted by Crippen LogP contribution is 2.54. The highest BCUT2D eigenvalue weighted by Gasteiger charge is 2.33. The van der Waals surface area contributed by atoms with Crippen LogP contribution in [0.2, 0.25) is 0 Å². The molecule has 2 rings (SSSR count). The third-order valence-electron chi connectivity index (χ3n) is 4.18. The first-order chi connectivity index (χ1) is 13.5. The fourth-order valence-corrected chi connectivity index (χ4v) is 7.70. The summed E-state index contributed by atoms with van der Waals surface area (Å²) in [6.07, 6.45) is -4.48.